The highest BCUT2D eigenvalue weighted by Gasteiger charge is 2.29. The Labute approximate surface area is 204 Å². The molecule has 7 nitrogen and oxygen atoms in total. The Morgan fingerprint density at radius 2 is 1.62 bits per heavy atom. The fourth-order valence-corrected chi connectivity index (χ4v) is 4.93. The molecule has 2 aromatic rings. The van der Waals surface area contributed by atoms with Crippen molar-refractivity contribution in [2.24, 2.45) is 0 Å². The van der Waals surface area contributed by atoms with Gasteiger partial charge in [0.1, 0.15) is 6.04 Å². The van der Waals surface area contributed by atoms with Crippen molar-refractivity contribution in [2.45, 2.75) is 65.6 Å². The summed E-state index contributed by atoms with van der Waals surface area (Å²) in [6.07, 6.45) is 2.13. The number of anilines is 1. The zero-order valence-electron chi connectivity index (χ0n) is 20.8. The second-order valence-corrected chi connectivity index (χ2v) is 10.7. The summed E-state index contributed by atoms with van der Waals surface area (Å²) in [7, 11) is -3.51. The SMILES string of the molecule is CCC(C(=O)NC(C)C)N(Cc1ccccc1)C(=O)CCCN(c1ccccc1C)S(C)(=O)=O. The Morgan fingerprint density at radius 3 is 2.18 bits per heavy atom. The number of nitrogens with one attached hydrogen (secondary N) is 1. The molecular weight excluding hydrogens is 450 g/mol. The van der Waals surface area contributed by atoms with Gasteiger partial charge < -0.3 is 10.2 Å². The van der Waals surface area contributed by atoms with Crippen LogP contribution in [0.4, 0.5) is 5.69 Å². The lowest BCUT2D eigenvalue weighted by atomic mass is 10.1. The van der Waals surface area contributed by atoms with Gasteiger partial charge in [0, 0.05) is 25.6 Å². The van der Waals surface area contributed by atoms with Gasteiger partial charge >= 0.3 is 0 Å². The number of hydrogen-bond donors (Lipinski definition) is 1. The van der Waals surface area contributed by atoms with Crippen molar-refractivity contribution >= 4 is 27.5 Å². The molecule has 0 aliphatic carbocycles. The van der Waals surface area contributed by atoms with Gasteiger partial charge in [0.2, 0.25) is 21.8 Å². The molecule has 0 bridgehead atoms. The third-order valence-corrected chi connectivity index (χ3v) is 6.73. The molecule has 1 atom stereocenters. The zero-order valence-corrected chi connectivity index (χ0v) is 21.6. The standard InChI is InChI=1S/C26H37N3O4S/c1-6-23(26(31)27-20(2)3)28(19-22-14-8-7-9-15-22)25(30)17-12-18-29(34(5,32)33)24-16-11-10-13-21(24)4/h7-11,13-16,20,23H,6,12,17-19H2,1-5H3,(H,27,31). The Kier molecular flexibility index (Phi) is 10.1. The van der Waals surface area contributed by atoms with E-state index < -0.39 is 16.1 Å². The van der Waals surface area contributed by atoms with Gasteiger partial charge in [0.25, 0.3) is 0 Å². The fraction of sp³-hybridized carbons (Fsp3) is 0.462. The lowest BCUT2D eigenvalue weighted by Crippen LogP contribution is -2.50. The van der Waals surface area contributed by atoms with E-state index in [1.54, 1.807) is 17.0 Å². The van der Waals surface area contributed by atoms with Crippen molar-refractivity contribution in [3.63, 3.8) is 0 Å². The van der Waals surface area contributed by atoms with Crippen LogP contribution in [0.2, 0.25) is 0 Å². The van der Waals surface area contributed by atoms with Crippen LogP contribution < -0.4 is 9.62 Å². The number of para-hydroxylation sites is 1. The Morgan fingerprint density at radius 1 is 1.00 bits per heavy atom. The Bertz CT molecular complexity index is 1050. The normalized spacial score (nSPS) is 12.3. The topological polar surface area (TPSA) is 86.8 Å². The van der Waals surface area contributed by atoms with E-state index in [1.165, 1.54) is 10.6 Å². The number of carbonyl (C=O) groups is 2. The van der Waals surface area contributed by atoms with E-state index >= 15 is 0 Å². The number of amides is 2. The number of nitrogens with zero attached hydrogens (tertiary/aromatic N) is 2. The molecule has 2 amide bonds. The van der Waals surface area contributed by atoms with Crippen LogP contribution in [-0.2, 0) is 26.2 Å². The number of aryl methyl sites for hydroxylation is 1. The largest absolute Gasteiger partial charge is 0.352 e. The minimum atomic E-state index is -3.51. The molecule has 0 aliphatic rings. The van der Waals surface area contributed by atoms with E-state index in [-0.39, 0.29) is 30.8 Å². The summed E-state index contributed by atoms with van der Waals surface area (Å²) in [5.74, 6) is -0.354. The monoisotopic (exact) mass is 487 g/mol. The van der Waals surface area contributed by atoms with Gasteiger partial charge in [-0.2, -0.15) is 0 Å². The molecule has 0 aromatic heterocycles. The van der Waals surface area contributed by atoms with Crippen LogP contribution in [0.15, 0.2) is 54.6 Å². The lowest BCUT2D eigenvalue weighted by Gasteiger charge is -2.31. The molecule has 0 aliphatic heterocycles. The first-order valence-corrected chi connectivity index (χ1v) is 13.6. The molecule has 1 unspecified atom stereocenters. The summed E-state index contributed by atoms with van der Waals surface area (Å²) in [4.78, 5) is 27.8. The molecule has 0 radical (unpaired) electrons. The number of sulfonamides is 1. The summed E-state index contributed by atoms with van der Waals surface area (Å²) in [6.45, 7) is 8.03. The molecule has 0 heterocycles. The molecule has 0 saturated carbocycles. The molecular formula is C26H37N3O4S. The highest BCUT2D eigenvalue weighted by atomic mass is 32.2. The van der Waals surface area contributed by atoms with E-state index in [1.807, 2.05) is 70.2 Å². The van der Waals surface area contributed by atoms with Gasteiger partial charge in [-0.25, -0.2) is 8.42 Å². The maximum absolute atomic E-state index is 13.4. The molecule has 186 valence electrons. The predicted molar refractivity (Wildman–Crippen MR) is 137 cm³/mol. The van der Waals surface area contributed by atoms with E-state index in [0.29, 0.717) is 25.1 Å². The minimum Gasteiger partial charge on any atom is -0.352 e. The zero-order chi connectivity index (χ0) is 25.3. The number of carbonyl (C=O) groups excluding carboxylic acids is 2. The molecule has 0 saturated heterocycles. The highest BCUT2D eigenvalue weighted by molar-refractivity contribution is 7.92. The maximum Gasteiger partial charge on any atom is 0.243 e. The van der Waals surface area contributed by atoms with Crippen molar-refractivity contribution in [3.8, 4) is 0 Å². The van der Waals surface area contributed by atoms with Crippen LogP contribution in [0.25, 0.3) is 0 Å². The lowest BCUT2D eigenvalue weighted by molar-refractivity contribution is -0.141. The number of rotatable bonds is 12. The van der Waals surface area contributed by atoms with Crippen LogP contribution in [0.5, 0.6) is 0 Å². The van der Waals surface area contributed by atoms with Gasteiger partial charge in [0.05, 0.1) is 11.9 Å². The molecule has 1 N–H and O–H groups in total. The summed E-state index contributed by atoms with van der Waals surface area (Å²) in [5.41, 5.74) is 2.40. The minimum absolute atomic E-state index is 0.0346. The third kappa shape index (κ3) is 7.87. The van der Waals surface area contributed by atoms with Gasteiger partial charge in [-0.3, -0.25) is 13.9 Å². The Hall–Kier alpha value is -2.87. The molecule has 0 fully saturated rings. The van der Waals surface area contributed by atoms with Gasteiger partial charge in [-0.05, 0) is 50.8 Å². The van der Waals surface area contributed by atoms with Crippen molar-refractivity contribution < 1.29 is 18.0 Å². The molecule has 8 heteroatoms. The summed E-state index contributed by atoms with van der Waals surface area (Å²) < 4.78 is 26.3. The van der Waals surface area contributed by atoms with Crippen LogP contribution in [0, 0.1) is 6.92 Å². The van der Waals surface area contributed by atoms with Crippen molar-refractivity contribution in [1.82, 2.24) is 10.2 Å². The van der Waals surface area contributed by atoms with E-state index in [4.69, 9.17) is 0 Å². The first kappa shape index (κ1) is 27.4. The summed E-state index contributed by atoms with van der Waals surface area (Å²) >= 11 is 0. The van der Waals surface area contributed by atoms with Crippen LogP contribution in [0.1, 0.15) is 51.2 Å². The van der Waals surface area contributed by atoms with Crippen molar-refractivity contribution in [2.75, 3.05) is 17.1 Å². The average molecular weight is 488 g/mol. The molecule has 2 rings (SSSR count). The van der Waals surface area contributed by atoms with E-state index in [2.05, 4.69) is 5.32 Å². The van der Waals surface area contributed by atoms with E-state index in [0.717, 1.165) is 11.1 Å². The fourth-order valence-electron chi connectivity index (χ4n) is 3.91. The molecule has 34 heavy (non-hydrogen) atoms. The quantitative estimate of drug-likeness (QED) is 0.492. The summed E-state index contributed by atoms with van der Waals surface area (Å²) in [6, 6.07) is 16.2. The van der Waals surface area contributed by atoms with Gasteiger partial charge in [-0.1, -0.05) is 55.5 Å². The second-order valence-electron chi connectivity index (χ2n) is 8.82. The first-order chi connectivity index (χ1) is 16.0. The number of benzene rings is 2. The average Bonchev–Trinajstić information content (AvgIpc) is 2.76. The molecule has 0 spiro atoms. The van der Waals surface area contributed by atoms with Gasteiger partial charge in [-0.15, -0.1) is 0 Å². The van der Waals surface area contributed by atoms with Gasteiger partial charge in [0.15, 0.2) is 0 Å². The number of hydrogen-bond acceptors (Lipinski definition) is 4. The van der Waals surface area contributed by atoms with Crippen LogP contribution >= 0.6 is 0 Å². The highest BCUT2D eigenvalue weighted by Crippen LogP contribution is 2.23. The smallest absolute Gasteiger partial charge is 0.243 e. The maximum atomic E-state index is 13.4. The van der Waals surface area contributed by atoms with Crippen molar-refractivity contribution in [3.05, 3.63) is 65.7 Å². The predicted octanol–water partition coefficient (Wildman–Crippen LogP) is 3.87. The van der Waals surface area contributed by atoms with E-state index in [9.17, 15) is 18.0 Å². The third-order valence-electron chi connectivity index (χ3n) is 5.55. The van der Waals surface area contributed by atoms with Crippen LogP contribution in [-0.4, -0.2) is 50.0 Å². The molecule has 2 aromatic carbocycles. The van der Waals surface area contributed by atoms with Crippen LogP contribution in [0.3, 0.4) is 0 Å². The second kappa shape index (κ2) is 12.6. The van der Waals surface area contributed by atoms with Crippen molar-refractivity contribution in [1.29, 1.82) is 0 Å². The summed E-state index contributed by atoms with van der Waals surface area (Å²) in [5, 5.41) is 2.92. The first-order valence-electron chi connectivity index (χ1n) is 11.7. The Balaban J connectivity index is 2.20.